The molecule has 1 aromatic rings. The van der Waals surface area contributed by atoms with Crippen molar-refractivity contribution in [2.75, 3.05) is 30.8 Å². The molecular weight excluding hydrogens is 238 g/mol. The smallest absolute Gasteiger partial charge is 0.224 e. The van der Waals surface area contributed by atoms with Gasteiger partial charge in [0.05, 0.1) is 0 Å². The number of nitrogens with one attached hydrogen (secondary N) is 2. The number of anilines is 2. The number of fused-ring (bicyclic) bond motifs is 1. The summed E-state index contributed by atoms with van der Waals surface area (Å²) in [5.74, 6) is 1.67. The van der Waals surface area contributed by atoms with E-state index < -0.39 is 0 Å². The van der Waals surface area contributed by atoms with Crippen molar-refractivity contribution >= 4 is 11.8 Å². The molecule has 0 aliphatic carbocycles. The minimum atomic E-state index is 0.540. The van der Waals surface area contributed by atoms with E-state index >= 15 is 0 Å². The zero-order valence-electron chi connectivity index (χ0n) is 11.8. The SMILES string of the molecule is CNc1ncc(C)c(NC2CCN3CCCCC23)n1. The summed E-state index contributed by atoms with van der Waals surface area (Å²) < 4.78 is 0. The number of aryl methyl sites for hydroxylation is 1. The van der Waals surface area contributed by atoms with Crippen LogP contribution >= 0.6 is 0 Å². The lowest BCUT2D eigenvalue weighted by atomic mass is 9.99. The second-order valence-corrected chi connectivity index (χ2v) is 5.61. The normalized spacial score (nSPS) is 27.1. The van der Waals surface area contributed by atoms with Crippen LogP contribution in [0.5, 0.6) is 0 Å². The Morgan fingerprint density at radius 2 is 2.16 bits per heavy atom. The van der Waals surface area contributed by atoms with E-state index in [0.29, 0.717) is 18.0 Å². The fourth-order valence-corrected chi connectivity index (χ4v) is 3.30. The molecule has 5 heteroatoms. The minimum Gasteiger partial charge on any atom is -0.365 e. The molecule has 0 saturated carbocycles. The molecule has 104 valence electrons. The van der Waals surface area contributed by atoms with E-state index in [4.69, 9.17) is 0 Å². The monoisotopic (exact) mass is 261 g/mol. The van der Waals surface area contributed by atoms with E-state index in [1.807, 2.05) is 13.2 Å². The lowest BCUT2D eigenvalue weighted by Crippen LogP contribution is -2.42. The summed E-state index contributed by atoms with van der Waals surface area (Å²) in [4.78, 5) is 11.4. The summed E-state index contributed by atoms with van der Waals surface area (Å²) in [6.07, 6.45) is 7.15. The molecule has 2 saturated heterocycles. The van der Waals surface area contributed by atoms with E-state index in [1.54, 1.807) is 0 Å². The summed E-state index contributed by atoms with van der Waals surface area (Å²) in [5, 5.41) is 6.65. The largest absolute Gasteiger partial charge is 0.365 e. The predicted molar refractivity (Wildman–Crippen MR) is 77.6 cm³/mol. The maximum absolute atomic E-state index is 4.54. The molecule has 0 bridgehead atoms. The van der Waals surface area contributed by atoms with Crippen LogP contribution in [0.25, 0.3) is 0 Å². The molecule has 2 N–H and O–H groups in total. The van der Waals surface area contributed by atoms with Gasteiger partial charge in [0.15, 0.2) is 0 Å². The number of aromatic nitrogens is 2. The van der Waals surface area contributed by atoms with Gasteiger partial charge in [0.25, 0.3) is 0 Å². The highest BCUT2D eigenvalue weighted by molar-refractivity contribution is 5.47. The van der Waals surface area contributed by atoms with Crippen molar-refractivity contribution in [2.45, 2.75) is 44.7 Å². The topological polar surface area (TPSA) is 53.1 Å². The fraction of sp³-hybridized carbons (Fsp3) is 0.714. The molecule has 1 aromatic heterocycles. The van der Waals surface area contributed by atoms with Crippen molar-refractivity contribution in [1.82, 2.24) is 14.9 Å². The second-order valence-electron chi connectivity index (χ2n) is 5.61. The third-order valence-electron chi connectivity index (χ3n) is 4.37. The van der Waals surface area contributed by atoms with Crippen molar-refractivity contribution in [3.63, 3.8) is 0 Å². The quantitative estimate of drug-likeness (QED) is 0.870. The third kappa shape index (κ3) is 2.52. The van der Waals surface area contributed by atoms with Gasteiger partial charge in [0, 0.05) is 37.4 Å². The number of rotatable bonds is 3. The van der Waals surface area contributed by atoms with E-state index in [2.05, 4.69) is 32.4 Å². The van der Waals surface area contributed by atoms with Gasteiger partial charge in [-0.1, -0.05) is 6.42 Å². The molecule has 3 rings (SSSR count). The molecule has 0 spiro atoms. The van der Waals surface area contributed by atoms with Gasteiger partial charge < -0.3 is 10.6 Å². The molecule has 2 fully saturated rings. The summed E-state index contributed by atoms with van der Waals surface area (Å²) in [7, 11) is 1.85. The Hall–Kier alpha value is -1.36. The Morgan fingerprint density at radius 1 is 1.26 bits per heavy atom. The zero-order chi connectivity index (χ0) is 13.2. The first-order valence-electron chi connectivity index (χ1n) is 7.30. The van der Waals surface area contributed by atoms with Gasteiger partial charge in [0.2, 0.25) is 5.95 Å². The highest BCUT2D eigenvalue weighted by atomic mass is 15.2. The molecule has 2 unspecified atom stereocenters. The van der Waals surface area contributed by atoms with E-state index in [1.165, 1.54) is 38.8 Å². The van der Waals surface area contributed by atoms with Crippen LogP contribution in [0.3, 0.4) is 0 Å². The van der Waals surface area contributed by atoms with Crippen molar-refractivity contribution in [2.24, 2.45) is 0 Å². The summed E-state index contributed by atoms with van der Waals surface area (Å²) >= 11 is 0. The molecule has 19 heavy (non-hydrogen) atoms. The van der Waals surface area contributed by atoms with Crippen LogP contribution in [0.2, 0.25) is 0 Å². The number of piperidine rings is 1. The first kappa shape index (κ1) is 12.7. The van der Waals surface area contributed by atoms with Crippen molar-refractivity contribution in [3.8, 4) is 0 Å². The lowest BCUT2D eigenvalue weighted by molar-refractivity contribution is 0.192. The van der Waals surface area contributed by atoms with Gasteiger partial charge in [-0.05, 0) is 32.7 Å². The van der Waals surface area contributed by atoms with E-state index in [-0.39, 0.29) is 0 Å². The Labute approximate surface area is 114 Å². The van der Waals surface area contributed by atoms with Crippen LogP contribution in [0.4, 0.5) is 11.8 Å². The molecule has 0 radical (unpaired) electrons. The van der Waals surface area contributed by atoms with Gasteiger partial charge in [0.1, 0.15) is 5.82 Å². The maximum atomic E-state index is 4.54. The summed E-state index contributed by atoms with van der Waals surface area (Å²) in [6.45, 7) is 4.56. The number of hydrogen-bond donors (Lipinski definition) is 2. The molecular formula is C14H23N5. The Kier molecular flexibility index (Phi) is 3.55. The van der Waals surface area contributed by atoms with E-state index in [0.717, 1.165) is 11.4 Å². The number of nitrogens with zero attached hydrogens (tertiary/aromatic N) is 3. The van der Waals surface area contributed by atoms with Crippen LogP contribution in [0, 0.1) is 6.92 Å². The van der Waals surface area contributed by atoms with Gasteiger partial charge >= 0.3 is 0 Å². The van der Waals surface area contributed by atoms with Crippen LogP contribution in [0.15, 0.2) is 6.20 Å². The molecule has 2 aliphatic heterocycles. The van der Waals surface area contributed by atoms with Crippen molar-refractivity contribution in [1.29, 1.82) is 0 Å². The van der Waals surface area contributed by atoms with E-state index in [9.17, 15) is 0 Å². The predicted octanol–water partition coefficient (Wildman–Crippen LogP) is 1.87. The minimum absolute atomic E-state index is 0.540. The zero-order valence-corrected chi connectivity index (χ0v) is 11.8. The molecule has 2 atom stereocenters. The van der Waals surface area contributed by atoms with Gasteiger partial charge in [-0.15, -0.1) is 0 Å². The van der Waals surface area contributed by atoms with Gasteiger partial charge in [-0.25, -0.2) is 4.98 Å². The average Bonchev–Trinajstić information content (AvgIpc) is 2.85. The first-order chi connectivity index (χ1) is 9.28. The van der Waals surface area contributed by atoms with Crippen LogP contribution in [-0.4, -0.2) is 47.1 Å². The van der Waals surface area contributed by atoms with Gasteiger partial charge in [-0.3, -0.25) is 4.90 Å². The Bertz CT molecular complexity index is 447. The Morgan fingerprint density at radius 3 is 3.00 bits per heavy atom. The summed E-state index contributed by atoms with van der Waals surface area (Å²) in [6, 6.07) is 1.24. The third-order valence-corrected chi connectivity index (χ3v) is 4.37. The molecule has 3 heterocycles. The summed E-state index contributed by atoms with van der Waals surface area (Å²) in [5.41, 5.74) is 1.12. The molecule has 0 amide bonds. The number of hydrogen-bond acceptors (Lipinski definition) is 5. The molecule has 0 aromatic carbocycles. The van der Waals surface area contributed by atoms with Crippen molar-refractivity contribution < 1.29 is 0 Å². The molecule has 5 nitrogen and oxygen atoms in total. The Balaban J connectivity index is 1.74. The molecule has 2 aliphatic rings. The average molecular weight is 261 g/mol. The highest BCUT2D eigenvalue weighted by Gasteiger charge is 2.35. The second kappa shape index (κ2) is 5.33. The van der Waals surface area contributed by atoms with Crippen LogP contribution in [-0.2, 0) is 0 Å². The highest BCUT2D eigenvalue weighted by Crippen LogP contribution is 2.29. The standard InChI is InChI=1S/C14H23N5/c1-10-9-16-14(15-2)18-13(10)17-11-6-8-19-7-4-3-5-12(11)19/h9,11-12H,3-8H2,1-2H3,(H2,15,16,17,18). The lowest BCUT2D eigenvalue weighted by Gasteiger charge is -2.32. The van der Waals surface area contributed by atoms with Gasteiger partial charge in [-0.2, -0.15) is 4.98 Å². The maximum Gasteiger partial charge on any atom is 0.224 e. The van der Waals surface area contributed by atoms with Crippen molar-refractivity contribution in [3.05, 3.63) is 11.8 Å². The first-order valence-corrected chi connectivity index (χ1v) is 7.30. The fourth-order valence-electron chi connectivity index (χ4n) is 3.30. The van der Waals surface area contributed by atoms with Crippen LogP contribution < -0.4 is 10.6 Å². The van der Waals surface area contributed by atoms with Crippen LogP contribution in [0.1, 0.15) is 31.2 Å².